The lowest BCUT2D eigenvalue weighted by Gasteiger charge is -2.15. The van der Waals surface area contributed by atoms with Gasteiger partial charge in [0, 0.05) is 6.54 Å². The van der Waals surface area contributed by atoms with Crippen LogP contribution in [-0.2, 0) is 11.2 Å². The van der Waals surface area contributed by atoms with E-state index in [1.807, 2.05) is 43.3 Å². The number of nitrogens with one attached hydrogen (secondary N) is 2. The van der Waals surface area contributed by atoms with E-state index >= 15 is 0 Å². The van der Waals surface area contributed by atoms with E-state index in [1.165, 1.54) is 0 Å². The second-order valence-electron chi connectivity index (χ2n) is 8.77. The Kier molecular flexibility index (Phi) is 9.33. The number of benzene rings is 3. The van der Waals surface area contributed by atoms with Gasteiger partial charge < -0.3 is 24.8 Å². The number of rotatable bonds is 11. The Bertz CT molecular complexity index is 1210. The van der Waals surface area contributed by atoms with E-state index < -0.39 is 0 Å². The molecule has 0 aliphatic carbocycles. The van der Waals surface area contributed by atoms with E-state index in [0.29, 0.717) is 41.5 Å². The number of carbonyl (C=O) groups excluding carboxylic acids is 2. The van der Waals surface area contributed by atoms with Crippen LogP contribution in [0, 0.1) is 6.92 Å². The maximum Gasteiger partial charge on any atom is 0.262 e. The zero-order valence-corrected chi connectivity index (χ0v) is 21.5. The number of ether oxygens (including phenoxy) is 3. The fourth-order valence-electron chi connectivity index (χ4n) is 3.81. The Morgan fingerprint density at radius 1 is 0.889 bits per heavy atom. The smallest absolute Gasteiger partial charge is 0.262 e. The predicted octanol–water partition coefficient (Wildman–Crippen LogP) is 5.13. The van der Waals surface area contributed by atoms with Gasteiger partial charge in [0.25, 0.3) is 11.8 Å². The summed E-state index contributed by atoms with van der Waals surface area (Å²) in [5.74, 6) is 1.66. The molecule has 0 aromatic heterocycles. The molecule has 3 aromatic rings. The Hall–Kier alpha value is -4.00. The molecule has 2 N–H and O–H groups in total. The molecule has 0 aliphatic heterocycles. The van der Waals surface area contributed by atoms with Crippen LogP contribution in [0.3, 0.4) is 0 Å². The Labute approximate surface area is 212 Å². The molecule has 0 saturated heterocycles. The molecule has 0 radical (unpaired) electrons. The highest BCUT2D eigenvalue weighted by atomic mass is 16.5. The van der Waals surface area contributed by atoms with Crippen LogP contribution in [0.2, 0.25) is 0 Å². The largest absolute Gasteiger partial charge is 0.493 e. The summed E-state index contributed by atoms with van der Waals surface area (Å²) in [4.78, 5) is 25.5. The zero-order chi connectivity index (χ0) is 26.1. The zero-order valence-electron chi connectivity index (χ0n) is 21.5. The quantitative estimate of drug-likeness (QED) is 0.389. The molecule has 0 heterocycles. The van der Waals surface area contributed by atoms with Crippen molar-refractivity contribution in [2.75, 3.05) is 32.7 Å². The first kappa shape index (κ1) is 26.6. The Balaban J connectivity index is 1.59. The van der Waals surface area contributed by atoms with Crippen molar-refractivity contribution in [1.29, 1.82) is 0 Å². The van der Waals surface area contributed by atoms with Crippen molar-refractivity contribution in [3.8, 4) is 17.2 Å². The van der Waals surface area contributed by atoms with Crippen LogP contribution >= 0.6 is 0 Å². The van der Waals surface area contributed by atoms with Gasteiger partial charge in [-0.3, -0.25) is 9.59 Å². The fourth-order valence-corrected chi connectivity index (χ4v) is 3.81. The van der Waals surface area contributed by atoms with Gasteiger partial charge in [-0.1, -0.05) is 44.2 Å². The molecule has 7 heteroatoms. The van der Waals surface area contributed by atoms with E-state index in [4.69, 9.17) is 14.2 Å². The van der Waals surface area contributed by atoms with Gasteiger partial charge >= 0.3 is 0 Å². The lowest BCUT2D eigenvalue weighted by molar-refractivity contribution is -0.118. The molecule has 36 heavy (non-hydrogen) atoms. The number of para-hydroxylation sites is 1. The summed E-state index contributed by atoms with van der Waals surface area (Å²) in [6, 6.07) is 18.6. The normalized spacial score (nSPS) is 10.6. The second kappa shape index (κ2) is 12.6. The van der Waals surface area contributed by atoms with Crippen molar-refractivity contribution < 1.29 is 23.8 Å². The summed E-state index contributed by atoms with van der Waals surface area (Å²) in [5.41, 5.74) is 3.93. The van der Waals surface area contributed by atoms with Crippen molar-refractivity contribution in [3.05, 3.63) is 82.9 Å². The molecular formula is C29H34N2O5. The topological polar surface area (TPSA) is 85.9 Å². The van der Waals surface area contributed by atoms with E-state index in [1.54, 1.807) is 38.5 Å². The van der Waals surface area contributed by atoms with Gasteiger partial charge in [0.2, 0.25) is 0 Å². The number of aryl methyl sites for hydroxylation is 1. The Morgan fingerprint density at radius 2 is 1.64 bits per heavy atom. The number of hydrogen-bond acceptors (Lipinski definition) is 5. The fraction of sp³-hybridized carbons (Fsp3) is 0.310. The number of hydrogen-bond donors (Lipinski definition) is 2. The average Bonchev–Trinajstić information content (AvgIpc) is 2.87. The molecule has 3 aromatic carbocycles. The first-order valence-corrected chi connectivity index (χ1v) is 11.9. The monoisotopic (exact) mass is 490 g/mol. The van der Waals surface area contributed by atoms with Gasteiger partial charge in [0.15, 0.2) is 18.1 Å². The molecule has 7 nitrogen and oxygen atoms in total. The van der Waals surface area contributed by atoms with Crippen LogP contribution < -0.4 is 24.8 Å². The highest BCUT2D eigenvalue weighted by Crippen LogP contribution is 2.28. The van der Waals surface area contributed by atoms with Gasteiger partial charge in [-0.25, -0.2) is 0 Å². The molecule has 0 atom stereocenters. The van der Waals surface area contributed by atoms with E-state index in [9.17, 15) is 9.59 Å². The van der Waals surface area contributed by atoms with Gasteiger partial charge in [0.1, 0.15) is 5.75 Å². The molecule has 0 unspecified atom stereocenters. The standard InChI is InChI=1S/C29H34N2O5/c1-19(2)22-12-10-20(3)16-26(22)36-18-28(32)31-24-9-7-6-8-23(24)29(33)30-15-14-21-11-13-25(34-4)27(17-21)35-5/h6-13,16-17,19H,14-15,18H2,1-5H3,(H,30,33)(H,31,32). The van der Waals surface area contributed by atoms with Crippen LogP contribution in [0.25, 0.3) is 0 Å². The summed E-state index contributed by atoms with van der Waals surface area (Å²) >= 11 is 0. The number of anilines is 1. The minimum absolute atomic E-state index is 0.154. The lowest BCUT2D eigenvalue weighted by Crippen LogP contribution is -2.28. The molecular weight excluding hydrogens is 456 g/mol. The van der Waals surface area contributed by atoms with Crippen LogP contribution in [0.15, 0.2) is 60.7 Å². The van der Waals surface area contributed by atoms with E-state index in [2.05, 4.69) is 24.5 Å². The van der Waals surface area contributed by atoms with Crippen molar-refractivity contribution in [3.63, 3.8) is 0 Å². The average molecular weight is 491 g/mol. The Morgan fingerprint density at radius 3 is 2.36 bits per heavy atom. The molecule has 0 saturated carbocycles. The van der Waals surface area contributed by atoms with E-state index in [0.717, 1.165) is 16.7 Å². The first-order valence-electron chi connectivity index (χ1n) is 11.9. The summed E-state index contributed by atoms with van der Waals surface area (Å²) in [7, 11) is 3.18. The molecule has 0 bridgehead atoms. The number of carbonyl (C=O) groups is 2. The van der Waals surface area contributed by atoms with Gasteiger partial charge in [-0.15, -0.1) is 0 Å². The summed E-state index contributed by atoms with van der Waals surface area (Å²) in [6.45, 7) is 6.41. The molecule has 0 fully saturated rings. The van der Waals surface area contributed by atoms with Crippen LogP contribution in [0.5, 0.6) is 17.2 Å². The molecule has 2 amide bonds. The summed E-state index contributed by atoms with van der Waals surface area (Å²) in [6.07, 6.45) is 0.614. The third-order valence-electron chi connectivity index (χ3n) is 5.74. The van der Waals surface area contributed by atoms with E-state index in [-0.39, 0.29) is 24.3 Å². The van der Waals surface area contributed by atoms with Crippen LogP contribution in [0.1, 0.15) is 46.8 Å². The maximum absolute atomic E-state index is 12.9. The van der Waals surface area contributed by atoms with Gasteiger partial charge in [-0.2, -0.15) is 0 Å². The molecule has 0 spiro atoms. The second-order valence-corrected chi connectivity index (χ2v) is 8.77. The van der Waals surface area contributed by atoms with Crippen LogP contribution in [0.4, 0.5) is 5.69 Å². The lowest BCUT2D eigenvalue weighted by atomic mass is 10.0. The van der Waals surface area contributed by atoms with Crippen molar-refractivity contribution in [2.45, 2.75) is 33.1 Å². The van der Waals surface area contributed by atoms with Crippen molar-refractivity contribution in [1.82, 2.24) is 5.32 Å². The third-order valence-corrected chi connectivity index (χ3v) is 5.74. The molecule has 0 aliphatic rings. The predicted molar refractivity (Wildman–Crippen MR) is 141 cm³/mol. The maximum atomic E-state index is 12.9. The highest BCUT2D eigenvalue weighted by molar-refractivity contribution is 6.04. The number of amides is 2. The molecule has 190 valence electrons. The SMILES string of the molecule is COc1ccc(CCNC(=O)c2ccccc2NC(=O)COc2cc(C)ccc2C(C)C)cc1OC. The summed E-state index contributed by atoms with van der Waals surface area (Å²) in [5, 5.41) is 5.72. The minimum atomic E-state index is -0.336. The number of methoxy groups -OCH3 is 2. The summed E-state index contributed by atoms with van der Waals surface area (Å²) < 4.78 is 16.4. The highest BCUT2D eigenvalue weighted by Gasteiger charge is 2.15. The first-order chi connectivity index (χ1) is 17.3. The molecule has 3 rings (SSSR count). The van der Waals surface area contributed by atoms with Crippen LogP contribution in [-0.4, -0.2) is 39.2 Å². The third kappa shape index (κ3) is 7.01. The van der Waals surface area contributed by atoms with Gasteiger partial charge in [0.05, 0.1) is 25.5 Å². The van der Waals surface area contributed by atoms with Gasteiger partial charge in [-0.05, 0) is 66.3 Å². The van der Waals surface area contributed by atoms with Crippen molar-refractivity contribution >= 4 is 17.5 Å². The van der Waals surface area contributed by atoms with Crippen molar-refractivity contribution in [2.24, 2.45) is 0 Å². The minimum Gasteiger partial charge on any atom is -0.493 e.